The average molecular weight is 329 g/mol. The number of ether oxygens (including phenoxy) is 1. The van der Waals surface area contributed by atoms with Gasteiger partial charge in [0.15, 0.2) is 17.7 Å². The van der Waals surface area contributed by atoms with Crippen LogP contribution in [0, 0.1) is 17.7 Å². The number of para-hydroxylation sites is 1. The number of nitrogens with zero attached hydrogens (tertiary/aromatic N) is 1. The van der Waals surface area contributed by atoms with Crippen molar-refractivity contribution in [2.45, 2.75) is 19.4 Å². The Balaban J connectivity index is 0.00000176. The highest BCUT2D eigenvalue weighted by Gasteiger charge is 2.40. The highest BCUT2D eigenvalue weighted by atomic mass is 35.5. The molecule has 0 radical (unpaired) electrons. The summed E-state index contributed by atoms with van der Waals surface area (Å²) in [5.74, 6) is 0.819. The molecular formula is C16H22ClFN2O2. The number of nitrogens with one attached hydrogen (secondary N) is 1. The SMILES string of the molecule is CCC(Oc1ccccc1F)C(=O)N1C[C@H]2CNC[C@H]2C1.Cl. The molecule has 0 aliphatic carbocycles. The summed E-state index contributed by atoms with van der Waals surface area (Å²) in [6, 6.07) is 6.23. The van der Waals surface area contributed by atoms with Crippen LogP contribution in [0.1, 0.15) is 13.3 Å². The second-order valence-corrected chi connectivity index (χ2v) is 5.87. The van der Waals surface area contributed by atoms with Crippen molar-refractivity contribution in [2.24, 2.45) is 11.8 Å². The Kier molecular flexibility index (Phi) is 5.64. The first-order valence-electron chi connectivity index (χ1n) is 7.59. The van der Waals surface area contributed by atoms with Crippen LogP contribution < -0.4 is 10.1 Å². The van der Waals surface area contributed by atoms with E-state index in [1.54, 1.807) is 18.2 Å². The van der Waals surface area contributed by atoms with Crippen LogP contribution in [0.5, 0.6) is 5.75 Å². The van der Waals surface area contributed by atoms with E-state index >= 15 is 0 Å². The minimum atomic E-state index is -0.603. The van der Waals surface area contributed by atoms with Crippen molar-refractivity contribution in [3.63, 3.8) is 0 Å². The average Bonchev–Trinajstić information content (AvgIpc) is 3.07. The van der Waals surface area contributed by atoms with Crippen LogP contribution in [-0.4, -0.2) is 43.1 Å². The van der Waals surface area contributed by atoms with E-state index < -0.39 is 11.9 Å². The molecular weight excluding hydrogens is 307 g/mol. The number of carbonyl (C=O) groups is 1. The van der Waals surface area contributed by atoms with Crippen molar-refractivity contribution in [3.05, 3.63) is 30.1 Å². The van der Waals surface area contributed by atoms with Gasteiger partial charge in [0, 0.05) is 26.2 Å². The van der Waals surface area contributed by atoms with E-state index in [-0.39, 0.29) is 24.1 Å². The minimum absolute atomic E-state index is 0. The van der Waals surface area contributed by atoms with E-state index in [0.717, 1.165) is 26.2 Å². The van der Waals surface area contributed by atoms with Gasteiger partial charge in [0.25, 0.3) is 5.91 Å². The Labute approximate surface area is 136 Å². The summed E-state index contributed by atoms with van der Waals surface area (Å²) >= 11 is 0. The van der Waals surface area contributed by atoms with Crippen molar-refractivity contribution in [3.8, 4) is 5.75 Å². The zero-order chi connectivity index (χ0) is 14.8. The lowest BCUT2D eigenvalue weighted by Gasteiger charge is -2.24. The van der Waals surface area contributed by atoms with Crippen molar-refractivity contribution in [1.82, 2.24) is 10.2 Å². The molecule has 2 heterocycles. The van der Waals surface area contributed by atoms with Gasteiger partial charge >= 0.3 is 0 Å². The van der Waals surface area contributed by atoms with Gasteiger partial charge < -0.3 is 15.0 Å². The first-order chi connectivity index (χ1) is 10.2. The van der Waals surface area contributed by atoms with E-state index in [1.807, 2.05) is 11.8 Å². The maximum Gasteiger partial charge on any atom is 0.263 e. The third kappa shape index (κ3) is 3.36. The largest absolute Gasteiger partial charge is 0.478 e. The number of carbonyl (C=O) groups excluding carboxylic acids is 1. The molecule has 122 valence electrons. The molecule has 2 aliphatic rings. The van der Waals surface area contributed by atoms with Crippen molar-refractivity contribution >= 4 is 18.3 Å². The molecule has 0 saturated carbocycles. The van der Waals surface area contributed by atoms with Crippen molar-refractivity contribution in [2.75, 3.05) is 26.2 Å². The lowest BCUT2D eigenvalue weighted by Crippen LogP contribution is -2.41. The van der Waals surface area contributed by atoms with Crippen LogP contribution in [0.3, 0.4) is 0 Å². The molecule has 1 aromatic carbocycles. The lowest BCUT2D eigenvalue weighted by molar-refractivity contribution is -0.138. The molecule has 2 saturated heterocycles. The predicted molar refractivity (Wildman–Crippen MR) is 84.8 cm³/mol. The number of likely N-dealkylation sites (tertiary alicyclic amines) is 1. The number of hydrogen-bond acceptors (Lipinski definition) is 3. The molecule has 0 bridgehead atoms. The van der Waals surface area contributed by atoms with E-state index in [9.17, 15) is 9.18 Å². The molecule has 3 atom stereocenters. The second kappa shape index (κ2) is 7.29. The Bertz CT molecular complexity index is 517. The monoisotopic (exact) mass is 328 g/mol. The van der Waals surface area contributed by atoms with Gasteiger partial charge in [0.2, 0.25) is 0 Å². The molecule has 2 aliphatic heterocycles. The first-order valence-corrected chi connectivity index (χ1v) is 7.59. The van der Waals surface area contributed by atoms with Crippen LogP contribution in [0.15, 0.2) is 24.3 Å². The van der Waals surface area contributed by atoms with Gasteiger partial charge in [-0.05, 0) is 30.4 Å². The zero-order valence-corrected chi connectivity index (χ0v) is 13.4. The number of halogens is 2. The highest BCUT2D eigenvalue weighted by molar-refractivity contribution is 5.85. The van der Waals surface area contributed by atoms with Gasteiger partial charge in [-0.1, -0.05) is 19.1 Å². The quantitative estimate of drug-likeness (QED) is 0.920. The van der Waals surface area contributed by atoms with E-state index in [0.29, 0.717) is 18.3 Å². The van der Waals surface area contributed by atoms with Crippen LogP contribution in [-0.2, 0) is 4.79 Å². The second-order valence-electron chi connectivity index (χ2n) is 5.87. The summed E-state index contributed by atoms with van der Waals surface area (Å²) in [6.45, 7) is 5.43. The van der Waals surface area contributed by atoms with Crippen LogP contribution in [0.2, 0.25) is 0 Å². The van der Waals surface area contributed by atoms with Gasteiger partial charge in [-0.15, -0.1) is 12.4 Å². The molecule has 4 nitrogen and oxygen atoms in total. The van der Waals surface area contributed by atoms with Gasteiger partial charge in [0.05, 0.1) is 0 Å². The summed E-state index contributed by atoms with van der Waals surface area (Å²) in [4.78, 5) is 14.5. The Hall–Kier alpha value is -1.33. The Morgan fingerprint density at radius 2 is 2.00 bits per heavy atom. The van der Waals surface area contributed by atoms with E-state index in [1.165, 1.54) is 6.07 Å². The first kappa shape index (κ1) is 17.0. The fourth-order valence-corrected chi connectivity index (χ4v) is 3.24. The van der Waals surface area contributed by atoms with Crippen LogP contribution in [0.25, 0.3) is 0 Å². The minimum Gasteiger partial charge on any atom is -0.478 e. The van der Waals surface area contributed by atoms with Gasteiger partial charge in [-0.3, -0.25) is 4.79 Å². The van der Waals surface area contributed by atoms with Crippen LogP contribution in [0.4, 0.5) is 4.39 Å². The molecule has 3 rings (SSSR count). The van der Waals surface area contributed by atoms with Crippen molar-refractivity contribution < 1.29 is 13.9 Å². The molecule has 2 fully saturated rings. The zero-order valence-electron chi connectivity index (χ0n) is 12.6. The number of benzene rings is 1. The number of amides is 1. The Morgan fingerprint density at radius 3 is 2.59 bits per heavy atom. The maximum absolute atomic E-state index is 13.7. The molecule has 0 aromatic heterocycles. The summed E-state index contributed by atoms with van der Waals surface area (Å²) in [5.41, 5.74) is 0. The van der Waals surface area contributed by atoms with Crippen molar-refractivity contribution in [1.29, 1.82) is 0 Å². The van der Waals surface area contributed by atoms with Gasteiger partial charge in [0.1, 0.15) is 0 Å². The third-order valence-corrected chi connectivity index (χ3v) is 4.45. The predicted octanol–water partition coefficient (Wildman–Crippen LogP) is 2.08. The Morgan fingerprint density at radius 1 is 1.36 bits per heavy atom. The van der Waals surface area contributed by atoms with E-state index in [2.05, 4.69) is 5.32 Å². The number of hydrogen-bond donors (Lipinski definition) is 1. The van der Waals surface area contributed by atoms with Gasteiger partial charge in [-0.2, -0.15) is 0 Å². The topological polar surface area (TPSA) is 41.6 Å². The molecule has 1 N–H and O–H groups in total. The molecule has 1 aromatic rings. The fraction of sp³-hybridized carbons (Fsp3) is 0.562. The number of rotatable bonds is 4. The lowest BCUT2D eigenvalue weighted by atomic mass is 10.0. The third-order valence-electron chi connectivity index (χ3n) is 4.45. The van der Waals surface area contributed by atoms with Gasteiger partial charge in [-0.25, -0.2) is 4.39 Å². The normalized spacial score (nSPS) is 24.5. The smallest absolute Gasteiger partial charge is 0.263 e. The summed E-state index contributed by atoms with van der Waals surface area (Å²) in [6.07, 6.45) is -0.0641. The van der Waals surface area contributed by atoms with Crippen LogP contribution >= 0.6 is 12.4 Å². The van der Waals surface area contributed by atoms with E-state index in [4.69, 9.17) is 4.74 Å². The summed E-state index contributed by atoms with van der Waals surface area (Å²) < 4.78 is 19.3. The molecule has 1 amide bonds. The molecule has 22 heavy (non-hydrogen) atoms. The molecule has 0 spiro atoms. The molecule has 1 unspecified atom stereocenters. The molecule has 6 heteroatoms. The fourth-order valence-electron chi connectivity index (χ4n) is 3.24. The maximum atomic E-state index is 13.7. The summed E-state index contributed by atoms with van der Waals surface area (Å²) in [5, 5.41) is 3.36. The summed E-state index contributed by atoms with van der Waals surface area (Å²) in [7, 11) is 0. The number of fused-ring (bicyclic) bond motifs is 1. The highest BCUT2D eigenvalue weighted by Crippen LogP contribution is 2.28. The standard InChI is InChI=1S/C16H21FN2O2.ClH/c1-2-14(21-15-6-4-3-5-13(15)17)16(20)19-9-11-7-18-8-12(11)10-19;/h3-6,11-12,14,18H,2,7-10H2,1H3;1H/t11-,12+,14?;.